The minimum atomic E-state index is 0.269. The van der Waals surface area contributed by atoms with Gasteiger partial charge in [-0.2, -0.15) is 21.0 Å². The highest BCUT2D eigenvalue weighted by atomic mass is 16.5. The second kappa shape index (κ2) is 17.6. The fourth-order valence-electron chi connectivity index (χ4n) is 3.77. The molecule has 164 valence electrons. The summed E-state index contributed by atoms with van der Waals surface area (Å²) in [6.45, 7) is 3.90. The van der Waals surface area contributed by atoms with Crippen LogP contribution < -0.4 is 0 Å². The van der Waals surface area contributed by atoms with Gasteiger partial charge >= 0.3 is 0 Å². The number of nitrogens with zero attached hydrogens (tertiary/aromatic N) is 4. The van der Waals surface area contributed by atoms with Crippen molar-refractivity contribution in [3.05, 3.63) is 0 Å². The second-order valence-corrected chi connectivity index (χ2v) is 7.44. The van der Waals surface area contributed by atoms with E-state index in [1.165, 1.54) is 0 Å². The van der Waals surface area contributed by atoms with Crippen molar-refractivity contribution in [1.29, 1.82) is 21.0 Å². The molecule has 0 bridgehead atoms. The maximum absolute atomic E-state index is 8.71. The molecule has 1 saturated carbocycles. The highest BCUT2D eigenvalue weighted by Crippen LogP contribution is 2.39. The molecule has 0 aliphatic heterocycles. The van der Waals surface area contributed by atoms with Crippen molar-refractivity contribution in [2.45, 2.75) is 38.5 Å². The topological polar surface area (TPSA) is 132 Å². The summed E-state index contributed by atoms with van der Waals surface area (Å²) >= 11 is 0. The zero-order chi connectivity index (χ0) is 21.9. The number of hydrogen-bond acceptors (Lipinski definition) is 8. The molecular weight excluding hydrogens is 384 g/mol. The Kier molecular flexibility index (Phi) is 15.2. The summed E-state index contributed by atoms with van der Waals surface area (Å²) in [7, 11) is 0. The van der Waals surface area contributed by atoms with Crippen LogP contribution >= 0.6 is 0 Å². The van der Waals surface area contributed by atoms with Crippen molar-refractivity contribution in [2.75, 3.05) is 52.9 Å². The van der Waals surface area contributed by atoms with Gasteiger partial charge in [-0.25, -0.2) is 0 Å². The Hall–Kier alpha value is -2.20. The fraction of sp³-hybridized carbons (Fsp3) is 0.818. The van der Waals surface area contributed by atoms with E-state index in [0.717, 1.165) is 12.8 Å². The molecule has 0 spiro atoms. The first-order valence-corrected chi connectivity index (χ1v) is 10.6. The molecule has 8 nitrogen and oxygen atoms in total. The van der Waals surface area contributed by atoms with Crippen LogP contribution in [0.1, 0.15) is 38.5 Å². The Morgan fingerprint density at radius 1 is 0.467 bits per heavy atom. The van der Waals surface area contributed by atoms with E-state index in [0.29, 0.717) is 78.5 Å². The zero-order valence-corrected chi connectivity index (χ0v) is 17.6. The summed E-state index contributed by atoms with van der Waals surface area (Å²) in [5.41, 5.74) is 0. The van der Waals surface area contributed by atoms with E-state index >= 15 is 0 Å². The van der Waals surface area contributed by atoms with Crippen LogP contribution in [0.4, 0.5) is 0 Å². The predicted octanol–water partition coefficient (Wildman–Crippen LogP) is 2.97. The van der Waals surface area contributed by atoms with Gasteiger partial charge in [-0.1, -0.05) is 0 Å². The number of nitriles is 4. The van der Waals surface area contributed by atoms with E-state index in [-0.39, 0.29) is 23.7 Å². The molecule has 1 rings (SSSR count). The minimum absolute atomic E-state index is 0.269. The van der Waals surface area contributed by atoms with Gasteiger partial charge in [0.05, 0.1) is 76.4 Å². The lowest BCUT2D eigenvalue weighted by Crippen LogP contribution is -2.40. The van der Waals surface area contributed by atoms with E-state index in [4.69, 9.17) is 40.0 Å². The van der Waals surface area contributed by atoms with Gasteiger partial charge in [0.2, 0.25) is 0 Å². The number of rotatable bonds is 16. The monoisotopic (exact) mass is 416 g/mol. The lowest BCUT2D eigenvalue weighted by atomic mass is 9.69. The summed E-state index contributed by atoms with van der Waals surface area (Å²) in [6, 6.07) is 8.35. The summed E-state index contributed by atoms with van der Waals surface area (Å²) < 4.78 is 22.9. The standard InChI is InChI=1S/C22H32N4O4/c23-5-1-9-27-15-19-13-21(17-29-11-3-7-25)22(18-30-12-4-8-26)14-20(19)16-28-10-2-6-24/h19-22H,1-4,9-18H2. The van der Waals surface area contributed by atoms with Crippen LogP contribution in [0.3, 0.4) is 0 Å². The van der Waals surface area contributed by atoms with Gasteiger partial charge in [0.25, 0.3) is 0 Å². The summed E-state index contributed by atoms with van der Waals surface area (Å²) in [5.74, 6) is 1.08. The molecule has 0 heterocycles. The third-order valence-corrected chi connectivity index (χ3v) is 5.30. The summed E-state index contributed by atoms with van der Waals surface area (Å²) in [6.07, 6.45) is 3.24. The maximum Gasteiger partial charge on any atom is 0.0645 e. The molecule has 0 radical (unpaired) electrons. The van der Waals surface area contributed by atoms with Crippen LogP contribution in [0.5, 0.6) is 0 Å². The van der Waals surface area contributed by atoms with Crippen LogP contribution in [0.15, 0.2) is 0 Å². The number of ether oxygens (including phenoxy) is 4. The molecule has 1 aliphatic carbocycles. The lowest BCUT2D eigenvalue weighted by Gasteiger charge is -2.41. The number of hydrogen-bond donors (Lipinski definition) is 0. The minimum Gasteiger partial charge on any atom is -0.380 e. The summed E-state index contributed by atoms with van der Waals surface area (Å²) in [4.78, 5) is 0. The Labute approximate surface area is 179 Å². The normalized spacial score (nSPS) is 23.1. The van der Waals surface area contributed by atoms with Crippen molar-refractivity contribution >= 4 is 0 Å². The molecule has 1 fully saturated rings. The average molecular weight is 417 g/mol. The predicted molar refractivity (Wildman–Crippen MR) is 107 cm³/mol. The highest BCUT2D eigenvalue weighted by Gasteiger charge is 2.37. The average Bonchev–Trinajstić information content (AvgIpc) is 2.76. The Morgan fingerprint density at radius 2 is 0.700 bits per heavy atom. The first-order valence-electron chi connectivity index (χ1n) is 10.6. The van der Waals surface area contributed by atoms with Gasteiger partial charge in [0, 0.05) is 26.4 Å². The van der Waals surface area contributed by atoms with E-state index in [9.17, 15) is 0 Å². The highest BCUT2D eigenvalue weighted by molar-refractivity contribution is 4.87. The fourth-order valence-corrected chi connectivity index (χ4v) is 3.77. The second-order valence-electron chi connectivity index (χ2n) is 7.44. The third-order valence-electron chi connectivity index (χ3n) is 5.30. The first kappa shape index (κ1) is 25.8. The molecule has 0 saturated heterocycles. The summed E-state index contributed by atoms with van der Waals surface area (Å²) in [5, 5.41) is 34.8. The van der Waals surface area contributed by atoms with Gasteiger partial charge in [-0.05, 0) is 36.5 Å². The van der Waals surface area contributed by atoms with Gasteiger partial charge in [0.1, 0.15) is 0 Å². The smallest absolute Gasteiger partial charge is 0.0645 e. The van der Waals surface area contributed by atoms with Crippen LogP contribution in [-0.2, 0) is 18.9 Å². The molecule has 8 heteroatoms. The van der Waals surface area contributed by atoms with E-state index < -0.39 is 0 Å². The molecule has 0 amide bonds. The molecule has 0 aromatic rings. The van der Waals surface area contributed by atoms with Gasteiger partial charge < -0.3 is 18.9 Å². The van der Waals surface area contributed by atoms with Gasteiger partial charge in [0.15, 0.2) is 0 Å². The zero-order valence-electron chi connectivity index (χ0n) is 17.6. The SMILES string of the molecule is N#CCCOCC1CC(COCCC#N)C(COCCC#N)CC1COCCC#N. The lowest BCUT2D eigenvalue weighted by molar-refractivity contribution is -0.0539. The molecule has 0 N–H and O–H groups in total. The Morgan fingerprint density at radius 3 is 0.900 bits per heavy atom. The molecule has 0 aromatic heterocycles. The molecule has 4 atom stereocenters. The Balaban J connectivity index is 2.71. The molecular formula is C22H32N4O4. The van der Waals surface area contributed by atoms with E-state index in [2.05, 4.69) is 24.3 Å². The van der Waals surface area contributed by atoms with Crippen LogP contribution in [-0.4, -0.2) is 52.9 Å². The molecule has 0 aromatic carbocycles. The van der Waals surface area contributed by atoms with Crippen molar-refractivity contribution in [3.8, 4) is 24.3 Å². The van der Waals surface area contributed by atoms with Crippen molar-refractivity contribution in [1.82, 2.24) is 0 Å². The largest absolute Gasteiger partial charge is 0.380 e. The van der Waals surface area contributed by atoms with E-state index in [1.807, 2.05) is 0 Å². The molecule has 30 heavy (non-hydrogen) atoms. The van der Waals surface area contributed by atoms with Crippen molar-refractivity contribution < 1.29 is 18.9 Å². The third kappa shape index (κ3) is 11.1. The van der Waals surface area contributed by atoms with Gasteiger partial charge in [-0.3, -0.25) is 0 Å². The van der Waals surface area contributed by atoms with Gasteiger partial charge in [-0.15, -0.1) is 0 Å². The maximum atomic E-state index is 8.71. The Bertz CT molecular complexity index is 511. The molecule has 1 aliphatic rings. The van der Waals surface area contributed by atoms with Crippen LogP contribution in [0.2, 0.25) is 0 Å². The quantitative estimate of drug-likeness (QED) is 0.351. The van der Waals surface area contributed by atoms with E-state index in [1.54, 1.807) is 0 Å². The first-order chi connectivity index (χ1) is 14.8. The molecule has 4 unspecified atom stereocenters. The van der Waals surface area contributed by atoms with Crippen molar-refractivity contribution in [3.63, 3.8) is 0 Å². The van der Waals surface area contributed by atoms with Crippen molar-refractivity contribution in [2.24, 2.45) is 23.7 Å². The van der Waals surface area contributed by atoms with Crippen LogP contribution in [0.25, 0.3) is 0 Å². The van der Waals surface area contributed by atoms with Crippen LogP contribution in [0, 0.1) is 69.0 Å².